The summed E-state index contributed by atoms with van der Waals surface area (Å²) in [4.78, 5) is 23.2. The van der Waals surface area contributed by atoms with E-state index in [4.69, 9.17) is 4.74 Å². The minimum Gasteiger partial charge on any atom is -0.388 e. The van der Waals surface area contributed by atoms with E-state index >= 15 is 0 Å². The molecular formula is C27H28F2N4O3. The molecule has 0 saturated carbocycles. The topological polar surface area (TPSA) is 87.6 Å². The monoisotopic (exact) mass is 494 g/mol. The summed E-state index contributed by atoms with van der Waals surface area (Å²) in [5.74, 6) is -3.67. The molecule has 2 aliphatic rings. The van der Waals surface area contributed by atoms with Crippen molar-refractivity contribution in [1.82, 2.24) is 9.97 Å². The first-order valence-electron chi connectivity index (χ1n) is 12.0. The standard InChI is InChI=1S/C27H28F2N4O3/c1-16-22(13-19(15-31-16)32-26(35)18-5-7-30-25(12-18)27(2,28)29)17-3-4-21-23(11-17)33-8-10-36-9-6-20(33)14-24(21)34/h3-5,7,11-13,15,20,24,34H,6,8-10,14H2,1-2H3,(H,32,35)/t20-,24+/m0/s1. The minimum atomic E-state index is -3.15. The maximum Gasteiger partial charge on any atom is 0.286 e. The van der Waals surface area contributed by atoms with Gasteiger partial charge in [0.05, 0.1) is 24.6 Å². The van der Waals surface area contributed by atoms with Crippen molar-refractivity contribution >= 4 is 17.3 Å². The molecule has 9 heteroatoms. The van der Waals surface area contributed by atoms with Crippen molar-refractivity contribution in [2.24, 2.45) is 0 Å². The number of anilines is 2. The van der Waals surface area contributed by atoms with Crippen molar-refractivity contribution in [2.75, 3.05) is 30.0 Å². The predicted molar refractivity (Wildman–Crippen MR) is 132 cm³/mol. The van der Waals surface area contributed by atoms with E-state index in [0.29, 0.717) is 25.3 Å². The number of halogens is 2. The molecule has 7 nitrogen and oxygen atoms in total. The first kappa shape index (κ1) is 24.3. The molecule has 2 aromatic heterocycles. The van der Waals surface area contributed by atoms with Gasteiger partial charge in [0.1, 0.15) is 5.69 Å². The third-order valence-electron chi connectivity index (χ3n) is 6.83. The first-order valence-corrected chi connectivity index (χ1v) is 12.0. The van der Waals surface area contributed by atoms with Gasteiger partial charge in [-0.15, -0.1) is 0 Å². The predicted octanol–water partition coefficient (Wildman–Crippen LogP) is 4.85. The number of hydrogen-bond acceptors (Lipinski definition) is 6. The zero-order valence-corrected chi connectivity index (χ0v) is 20.2. The number of carbonyl (C=O) groups is 1. The average Bonchev–Trinajstić information content (AvgIpc) is 3.10. The molecule has 0 unspecified atom stereocenters. The maximum atomic E-state index is 13.7. The molecule has 1 aromatic carbocycles. The van der Waals surface area contributed by atoms with Gasteiger partial charge >= 0.3 is 0 Å². The Labute approximate surface area is 208 Å². The average molecular weight is 495 g/mol. The van der Waals surface area contributed by atoms with Gasteiger partial charge in [-0.3, -0.25) is 14.8 Å². The molecule has 0 bridgehead atoms. The van der Waals surface area contributed by atoms with Crippen LogP contribution in [0.2, 0.25) is 0 Å². The Bertz CT molecular complexity index is 1290. The number of carbonyl (C=O) groups excluding carboxylic acids is 1. The Morgan fingerprint density at radius 2 is 2.03 bits per heavy atom. The minimum absolute atomic E-state index is 0.0841. The molecule has 1 amide bonds. The quantitative estimate of drug-likeness (QED) is 0.539. The van der Waals surface area contributed by atoms with Crippen LogP contribution in [0.15, 0.2) is 48.8 Å². The lowest BCUT2D eigenvalue weighted by Gasteiger charge is -2.39. The lowest BCUT2D eigenvalue weighted by atomic mass is 9.89. The van der Waals surface area contributed by atoms with E-state index < -0.39 is 23.6 Å². The highest BCUT2D eigenvalue weighted by Crippen LogP contribution is 2.41. The van der Waals surface area contributed by atoms with Crippen molar-refractivity contribution in [3.05, 3.63) is 71.3 Å². The summed E-state index contributed by atoms with van der Waals surface area (Å²) < 4.78 is 33.0. The van der Waals surface area contributed by atoms with Crippen LogP contribution >= 0.6 is 0 Å². The van der Waals surface area contributed by atoms with Gasteiger partial charge in [0.25, 0.3) is 11.8 Å². The van der Waals surface area contributed by atoms with Crippen LogP contribution in [0.4, 0.5) is 20.2 Å². The van der Waals surface area contributed by atoms with Gasteiger partial charge in [-0.1, -0.05) is 12.1 Å². The molecule has 0 aliphatic carbocycles. The second-order valence-electron chi connectivity index (χ2n) is 9.40. The van der Waals surface area contributed by atoms with Gasteiger partial charge in [-0.25, -0.2) is 0 Å². The molecule has 1 saturated heterocycles. The number of benzene rings is 1. The van der Waals surface area contributed by atoms with Gasteiger partial charge in [0.15, 0.2) is 0 Å². The second-order valence-corrected chi connectivity index (χ2v) is 9.40. The van der Waals surface area contributed by atoms with E-state index in [-0.39, 0.29) is 11.6 Å². The number of aliphatic hydroxyl groups is 1. The first-order chi connectivity index (χ1) is 17.2. The van der Waals surface area contributed by atoms with Crippen LogP contribution in [0.5, 0.6) is 0 Å². The van der Waals surface area contributed by atoms with E-state index in [1.807, 2.05) is 25.1 Å². The molecule has 2 aliphatic heterocycles. The van der Waals surface area contributed by atoms with Crippen molar-refractivity contribution in [2.45, 2.75) is 44.8 Å². The number of hydrogen-bond donors (Lipinski definition) is 2. The molecule has 36 heavy (non-hydrogen) atoms. The fourth-order valence-electron chi connectivity index (χ4n) is 4.92. The third kappa shape index (κ3) is 4.81. The fourth-order valence-corrected chi connectivity index (χ4v) is 4.92. The molecule has 5 rings (SSSR count). The lowest BCUT2D eigenvalue weighted by molar-refractivity contribution is 0.0127. The molecule has 0 radical (unpaired) electrons. The Kier molecular flexibility index (Phi) is 6.44. The van der Waals surface area contributed by atoms with Gasteiger partial charge in [-0.05, 0) is 49.6 Å². The number of aliphatic hydroxyl groups excluding tert-OH is 1. The number of aromatic nitrogens is 2. The van der Waals surface area contributed by atoms with Crippen LogP contribution in [-0.2, 0) is 10.7 Å². The van der Waals surface area contributed by atoms with Gasteiger partial charge in [-0.2, -0.15) is 8.78 Å². The van der Waals surface area contributed by atoms with Gasteiger partial charge in [0, 0.05) is 60.4 Å². The van der Waals surface area contributed by atoms with Crippen molar-refractivity contribution in [3.63, 3.8) is 0 Å². The maximum absolute atomic E-state index is 13.7. The largest absolute Gasteiger partial charge is 0.388 e. The number of nitrogens with zero attached hydrogens (tertiary/aromatic N) is 3. The molecule has 0 spiro atoms. The molecule has 4 heterocycles. The van der Waals surface area contributed by atoms with Gasteiger partial charge in [0.2, 0.25) is 0 Å². The summed E-state index contributed by atoms with van der Waals surface area (Å²) in [6.07, 6.45) is 3.75. The Hall–Kier alpha value is -3.43. The van der Waals surface area contributed by atoms with Crippen LogP contribution in [0.25, 0.3) is 11.1 Å². The molecule has 2 atom stereocenters. The summed E-state index contributed by atoms with van der Waals surface area (Å²) in [5, 5.41) is 13.5. The zero-order chi connectivity index (χ0) is 25.4. The Balaban J connectivity index is 1.44. The molecule has 2 N–H and O–H groups in total. The Morgan fingerprint density at radius 3 is 2.83 bits per heavy atom. The smallest absolute Gasteiger partial charge is 0.286 e. The molecular weight excluding hydrogens is 466 g/mol. The number of aryl methyl sites for hydroxylation is 1. The second kappa shape index (κ2) is 9.55. The van der Waals surface area contributed by atoms with Crippen molar-refractivity contribution in [1.29, 1.82) is 0 Å². The number of fused-ring (bicyclic) bond motifs is 3. The van der Waals surface area contributed by atoms with Crippen LogP contribution in [0.3, 0.4) is 0 Å². The highest BCUT2D eigenvalue weighted by Gasteiger charge is 2.33. The van der Waals surface area contributed by atoms with Crippen LogP contribution < -0.4 is 10.2 Å². The summed E-state index contributed by atoms with van der Waals surface area (Å²) in [7, 11) is 0. The normalized spacial score (nSPS) is 19.8. The highest BCUT2D eigenvalue weighted by atomic mass is 19.3. The Morgan fingerprint density at radius 1 is 1.19 bits per heavy atom. The van der Waals surface area contributed by atoms with Crippen molar-refractivity contribution in [3.8, 4) is 11.1 Å². The van der Waals surface area contributed by atoms with E-state index in [1.54, 1.807) is 0 Å². The SMILES string of the molecule is Cc1ncc(NC(=O)c2ccnc(C(C)(F)F)c2)cc1-c1ccc2c(c1)N1CCOCC[C@H]1C[C@H]2O. The fraction of sp³-hybridized carbons (Fsp3) is 0.370. The summed E-state index contributed by atoms with van der Waals surface area (Å²) >= 11 is 0. The van der Waals surface area contributed by atoms with Crippen molar-refractivity contribution < 1.29 is 23.4 Å². The zero-order valence-electron chi connectivity index (χ0n) is 20.2. The van der Waals surface area contributed by atoms with Crippen LogP contribution in [0, 0.1) is 6.92 Å². The number of ether oxygens (including phenoxy) is 1. The van der Waals surface area contributed by atoms with Crippen LogP contribution in [0.1, 0.15) is 53.2 Å². The number of nitrogens with one attached hydrogen (secondary N) is 1. The summed E-state index contributed by atoms with van der Waals surface area (Å²) in [6.45, 7) is 4.70. The highest BCUT2D eigenvalue weighted by molar-refractivity contribution is 6.04. The lowest BCUT2D eigenvalue weighted by Crippen LogP contribution is -2.41. The summed E-state index contributed by atoms with van der Waals surface area (Å²) in [5.41, 5.74) is 4.46. The number of pyridine rings is 2. The molecule has 1 fully saturated rings. The number of amides is 1. The molecule has 188 valence electrons. The van der Waals surface area contributed by atoms with E-state index in [1.165, 1.54) is 18.5 Å². The van der Waals surface area contributed by atoms with Gasteiger partial charge < -0.3 is 20.1 Å². The molecule has 3 aromatic rings. The van der Waals surface area contributed by atoms with E-state index in [2.05, 4.69) is 26.3 Å². The number of alkyl halides is 2. The van der Waals surface area contributed by atoms with E-state index in [0.717, 1.165) is 54.0 Å². The third-order valence-corrected chi connectivity index (χ3v) is 6.83. The number of rotatable bonds is 4. The van der Waals surface area contributed by atoms with E-state index in [9.17, 15) is 18.7 Å². The summed E-state index contributed by atoms with van der Waals surface area (Å²) in [6, 6.07) is 10.5. The van der Waals surface area contributed by atoms with Crippen LogP contribution in [-0.4, -0.2) is 46.8 Å².